The number of thioether (sulfide) groups is 1. The quantitative estimate of drug-likeness (QED) is 0.616. The number of ether oxygens (including phenoxy) is 2. The summed E-state index contributed by atoms with van der Waals surface area (Å²) >= 11 is 0.857. The van der Waals surface area contributed by atoms with Crippen molar-refractivity contribution < 1.29 is 29.0 Å². The van der Waals surface area contributed by atoms with Crippen LogP contribution < -0.4 is 19.7 Å². The first-order valence-electron chi connectivity index (χ1n) is 10.3. The standard InChI is InChI=1S/C22H29N3O6S/c1-22(2,3)25(21(28)29)12-13-6-7-24(11-13)15-10-17(31-5)16(30-4)8-14(15)9-18-19(26)23-20(27)32-18/h8-10,13H,6-7,11-12H2,1-5H3,(H,28,29)(H,23,26,27)/b18-9-. The molecular weight excluding hydrogens is 434 g/mol. The van der Waals surface area contributed by atoms with Gasteiger partial charge in [0.2, 0.25) is 0 Å². The number of anilines is 1. The second kappa shape index (κ2) is 9.32. The van der Waals surface area contributed by atoms with Crippen LogP contribution in [0.5, 0.6) is 11.5 Å². The van der Waals surface area contributed by atoms with Crippen LogP contribution >= 0.6 is 11.8 Å². The molecule has 0 spiro atoms. The van der Waals surface area contributed by atoms with Crippen molar-refractivity contribution >= 4 is 40.8 Å². The number of amides is 3. The van der Waals surface area contributed by atoms with Gasteiger partial charge in [-0.1, -0.05) is 0 Å². The van der Waals surface area contributed by atoms with Gasteiger partial charge in [0.05, 0.1) is 19.1 Å². The second-order valence-corrected chi connectivity index (χ2v) is 9.80. The van der Waals surface area contributed by atoms with E-state index in [0.717, 1.165) is 36.0 Å². The van der Waals surface area contributed by atoms with Crippen LogP contribution in [-0.4, -0.2) is 66.6 Å². The minimum absolute atomic E-state index is 0.157. The predicted molar refractivity (Wildman–Crippen MR) is 123 cm³/mol. The first-order valence-corrected chi connectivity index (χ1v) is 11.1. The average Bonchev–Trinajstić information content (AvgIpc) is 3.30. The number of carboxylic acid groups (broad SMARTS) is 1. The third kappa shape index (κ3) is 5.12. The van der Waals surface area contributed by atoms with Crippen molar-refractivity contribution in [1.29, 1.82) is 0 Å². The highest BCUT2D eigenvalue weighted by Crippen LogP contribution is 2.39. The van der Waals surface area contributed by atoms with Crippen LogP contribution in [0.15, 0.2) is 17.0 Å². The molecular formula is C22H29N3O6S. The Morgan fingerprint density at radius 1 is 1.28 bits per heavy atom. The first kappa shape index (κ1) is 23.8. The van der Waals surface area contributed by atoms with E-state index in [1.807, 2.05) is 26.8 Å². The zero-order valence-electron chi connectivity index (χ0n) is 18.9. The number of hydrogen-bond acceptors (Lipinski definition) is 7. The minimum atomic E-state index is -0.929. The summed E-state index contributed by atoms with van der Waals surface area (Å²) in [6.07, 6.45) is 1.58. The molecule has 2 aliphatic heterocycles. The Kier molecular flexibility index (Phi) is 6.92. The Balaban J connectivity index is 1.91. The van der Waals surface area contributed by atoms with Gasteiger partial charge in [0.25, 0.3) is 11.1 Å². The summed E-state index contributed by atoms with van der Waals surface area (Å²) in [5.74, 6) is 0.792. The molecule has 0 radical (unpaired) electrons. The lowest BCUT2D eigenvalue weighted by Gasteiger charge is -2.35. The van der Waals surface area contributed by atoms with Crippen LogP contribution in [0, 0.1) is 5.92 Å². The van der Waals surface area contributed by atoms with Gasteiger partial charge in [0, 0.05) is 42.5 Å². The number of methoxy groups -OCH3 is 2. The molecule has 3 rings (SSSR count). The maximum absolute atomic E-state index is 12.1. The molecule has 1 unspecified atom stereocenters. The fourth-order valence-corrected chi connectivity index (χ4v) is 4.61. The molecule has 2 N–H and O–H groups in total. The molecule has 3 amide bonds. The molecule has 32 heavy (non-hydrogen) atoms. The predicted octanol–water partition coefficient (Wildman–Crippen LogP) is 3.63. The number of carbonyl (C=O) groups is 3. The van der Waals surface area contributed by atoms with Crippen LogP contribution in [0.4, 0.5) is 15.3 Å². The van der Waals surface area contributed by atoms with Crippen LogP contribution in [0.1, 0.15) is 32.8 Å². The molecule has 1 aromatic rings. The summed E-state index contributed by atoms with van der Waals surface area (Å²) in [6.45, 7) is 7.48. The van der Waals surface area contributed by atoms with E-state index in [9.17, 15) is 19.5 Å². The summed E-state index contributed by atoms with van der Waals surface area (Å²) in [5, 5.41) is 11.5. The Morgan fingerprint density at radius 3 is 2.47 bits per heavy atom. The van der Waals surface area contributed by atoms with Crippen molar-refractivity contribution in [2.75, 3.05) is 38.8 Å². The SMILES string of the molecule is COc1cc(/C=C2\SC(=O)NC2=O)c(N2CCC(CN(C(=O)O)C(C)(C)C)C2)cc1OC. The summed E-state index contributed by atoms with van der Waals surface area (Å²) in [4.78, 5) is 39.4. The van der Waals surface area contributed by atoms with Crippen LogP contribution in [0.2, 0.25) is 0 Å². The lowest BCUT2D eigenvalue weighted by atomic mass is 10.0. The summed E-state index contributed by atoms with van der Waals surface area (Å²) in [5.41, 5.74) is 1.07. The number of nitrogens with one attached hydrogen (secondary N) is 1. The summed E-state index contributed by atoms with van der Waals surface area (Å²) in [7, 11) is 3.09. The smallest absolute Gasteiger partial charge is 0.407 e. The van der Waals surface area contributed by atoms with Gasteiger partial charge in [0.1, 0.15) is 0 Å². The zero-order valence-corrected chi connectivity index (χ0v) is 19.7. The van der Waals surface area contributed by atoms with Gasteiger partial charge in [-0.15, -0.1) is 0 Å². The normalized spacial score (nSPS) is 20.0. The number of imide groups is 1. The monoisotopic (exact) mass is 463 g/mol. The van der Waals surface area contributed by atoms with Gasteiger partial charge in [-0.25, -0.2) is 4.79 Å². The molecule has 1 atom stereocenters. The Morgan fingerprint density at radius 2 is 1.94 bits per heavy atom. The van der Waals surface area contributed by atoms with Crippen molar-refractivity contribution in [3.05, 3.63) is 22.6 Å². The van der Waals surface area contributed by atoms with Crippen molar-refractivity contribution in [2.45, 2.75) is 32.7 Å². The number of nitrogens with zero attached hydrogens (tertiary/aromatic N) is 2. The molecule has 2 saturated heterocycles. The molecule has 10 heteroatoms. The fourth-order valence-electron chi connectivity index (χ4n) is 3.93. The van der Waals surface area contributed by atoms with E-state index >= 15 is 0 Å². The second-order valence-electron chi connectivity index (χ2n) is 8.78. The lowest BCUT2D eigenvalue weighted by Crippen LogP contribution is -2.47. The minimum Gasteiger partial charge on any atom is -0.493 e. The zero-order chi connectivity index (χ0) is 23.6. The molecule has 2 fully saturated rings. The largest absolute Gasteiger partial charge is 0.493 e. The van der Waals surface area contributed by atoms with Crippen molar-refractivity contribution in [2.24, 2.45) is 5.92 Å². The average molecular weight is 464 g/mol. The Hall–Kier alpha value is -2.88. The van der Waals surface area contributed by atoms with Crippen LogP contribution in [0.25, 0.3) is 6.08 Å². The summed E-state index contributed by atoms with van der Waals surface area (Å²) in [6, 6.07) is 3.63. The summed E-state index contributed by atoms with van der Waals surface area (Å²) < 4.78 is 10.9. The Bertz CT molecular complexity index is 956. The van der Waals surface area contributed by atoms with E-state index in [1.54, 1.807) is 19.3 Å². The Labute approximate surface area is 191 Å². The van der Waals surface area contributed by atoms with Gasteiger partial charge >= 0.3 is 6.09 Å². The highest BCUT2D eigenvalue weighted by molar-refractivity contribution is 8.18. The van der Waals surface area contributed by atoms with Gasteiger partial charge in [0.15, 0.2) is 11.5 Å². The van der Waals surface area contributed by atoms with E-state index in [0.29, 0.717) is 29.5 Å². The van der Waals surface area contributed by atoms with E-state index < -0.39 is 22.8 Å². The van der Waals surface area contributed by atoms with Gasteiger partial charge in [-0.2, -0.15) is 0 Å². The van der Waals surface area contributed by atoms with Crippen LogP contribution in [0.3, 0.4) is 0 Å². The van der Waals surface area contributed by atoms with Gasteiger partial charge < -0.3 is 24.4 Å². The number of rotatable bonds is 6. The molecule has 0 bridgehead atoms. The van der Waals surface area contributed by atoms with E-state index in [1.165, 1.54) is 12.0 Å². The molecule has 2 aliphatic rings. The first-order chi connectivity index (χ1) is 15.0. The molecule has 2 heterocycles. The van der Waals surface area contributed by atoms with E-state index in [4.69, 9.17) is 9.47 Å². The number of benzene rings is 1. The molecule has 0 aliphatic carbocycles. The van der Waals surface area contributed by atoms with Gasteiger partial charge in [-0.05, 0) is 57.0 Å². The number of hydrogen-bond donors (Lipinski definition) is 2. The third-order valence-corrected chi connectivity index (χ3v) is 6.38. The van der Waals surface area contributed by atoms with Crippen LogP contribution in [-0.2, 0) is 4.79 Å². The van der Waals surface area contributed by atoms with Crippen molar-refractivity contribution in [1.82, 2.24) is 10.2 Å². The topological polar surface area (TPSA) is 108 Å². The molecule has 0 saturated carbocycles. The van der Waals surface area contributed by atoms with Crippen molar-refractivity contribution in [3.63, 3.8) is 0 Å². The maximum atomic E-state index is 12.1. The molecule has 174 valence electrons. The fraction of sp³-hybridized carbons (Fsp3) is 0.500. The number of carbonyl (C=O) groups excluding carboxylic acids is 2. The molecule has 1 aromatic carbocycles. The third-order valence-electron chi connectivity index (χ3n) is 5.57. The van der Waals surface area contributed by atoms with E-state index in [-0.39, 0.29) is 5.92 Å². The highest BCUT2D eigenvalue weighted by Gasteiger charge is 2.33. The van der Waals surface area contributed by atoms with Crippen molar-refractivity contribution in [3.8, 4) is 11.5 Å². The lowest BCUT2D eigenvalue weighted by molar-refractivity contribution is -0.115. The molecule has 9 nitrogen and oxygen atoms in total. The highest BCUT2D eigenvalue weighted by atomic mass is 32.2. The molecule has 0 aromatic heterocycles. The van der Waals surface area contributed by atoms with Gasteiger partial charge in [-0.3, -0.25) is 14.9 Å². The maximum Gasteiger partial charge on any atom is 0.407 e. The van der Waals surface area contributed by atoms with E-state index in [2.05, 4.69) is 10.2 Å².